The summed E-state index contributed by atoms with van der Waals surface area (Å²) in [5.41, 5.74) is 0. The van der Waals surface area contributed by atoms with Crippen LogP contribution in [0.15, 0.2) is 0 Å². The molecule has 0 aromatic heterocycles. The molecule has 0 amide bonds. The van der Waals surface area contributed by atoms with Crippen molar-refractivity contribution in [2.45, 2.75) is 32.6 Å². The molecule has 68 valence electrons. The van der Waals surface area contributed by atoms with Crippen LogP contribution in [0.25, 0.3) is 0 Å². The molecule has 0 saturated carbocycles. The number of ether oxygens (including phenoxy) is 1. The Bertz CT molecular complexity index is 93.6. The number of methoxy groups -OCH3 is 1. The lowest BCUT2D eigenvalue weighted by Crippen LogP contribution is -2.24. The van der Waals surface area contributed by atoms with Crippen molar-refractivity contribution in [3.8, 4) is 0 Å². The van der Waals surface area contributed by atoms with Crippen molar-refractivity contribution in [2.24, 2.45) is 11.8 Å². The van der Waals surface area contributed by atoms with Crippen molar-refractivity contribution in [1.29, 1.82) is 0 Å². The van der Waals surface area contributed by atoms with Gasteiger partial charge in [0.1, 0.15) is 0 Å². The zero-order chi connectivity index (χ0) is 8.85. The summed E-state index contributed by atoms with van der Waals surface area (Å²) in [5, 5.41) is 0.259. The Kier molecular flexibility index (Phi) is 5.98. The number of alkyl halides is 1. The van der Waals surface area contributed by atoms with Gasteiger partial charge in [-0.25, -0.2) is 0 Å². The summed E-state index contributed by atoms with van der Waals surface area (Å²) in [6, 6.07) is 0. The third kappa shape index (κ3) is 3.97. The van der Waals surface area contributed by atoms with Gasteiger partial charge >= 0.3 is 0 Å². The smallest absolute Gasteiger partial charge is 0.0507 e. The van der Waals surface area contributed by atoms with Gasteiger partial charge in [-0.3, -0.25) is 0 Å². The summed E-state index contributed by atoms with van der Waals surface area (Å²) < 4.78 is 5.10. The number of halogens is 1. The van der Waals surface area contributed by atoms with E-state index in [1.165, 1.54) is 0 Å². The first-order chi connectivity index (χ1) is 5.13. The monoisotopic (exact) mass is 178 g/mol. The highest BCUT2D eigenvalue weighted by atomic mass is 35.5. The lowest BCUT2D eigenvalue weighted by molar-refractivity contribution is 0.125. The molecule has 0 spiro atoms. The molecule has 0 radical (unpaired) electrons. The molecule has 0 N–H and O–H groups in total. The van der Waals surface area contributed by atoms with Crippen molar-refractivity contribution in [1.82, 2.24) is 0 Å². The average molecular weight is 179 g/mol. The number of hydrogen-bond acceptors (Lipinski definition) is 1. The lowest BCUT2D eigenvalue weighted by atomic mass is 9.92. The van der Waals surface area contributed by atoms with E-state index in [-0.39, 0.29) is 5.38 Å². The predicted molar refractivity (Wildman–Crippen MR) is 50.1 cm³/mol. The normalized spacial score (nSPS) is 16.9. The molecular formula is C9H19ClO. The van der Waals surface area contributed by atoms with Crippen molar-refractivity contribution < 1.29 is 4.74 Å². The van der Waals surface area contributed by atoms with Crippen LogP contribution < -0.4 is 0 Å². The molecule has 1 nitrogen and oxygen atoms in total. The lowest BCUT2D eigenvalue weighted by Gasteiger charge is -2.23. The molecule has 2 heteroatoms. The fourth-order valence-corrected chi connectivity index (χ4v) is 1.57. The zero-order valence-electron chi connectivity index (χ0n) is 7.93. The molecule has 0 aliphatic rings. The van der Waals surface area contributed by atoms with Gasteiger partial charge in [0.2, 0.25) is 0 Å². The van der Waals surface area contributed by atoms with Crippen LogP contribution in [0, 0.1) is 11.8 Å². The van der Waals surface area contributed by atoms with E-state index in [4.69, 9.17) is 16.3 Å². The Labute approximate surface area is 75.1 Å². The third-order valence-electron chi connectivity index (χ3n) is 2.07. The first-order valence-corrected chi connectivity index (χ1v) is 4.70. The summed E-state index contributed by atoms with van der Waals surface area (Å²) in [6.45, 7) is 7.27. The molecule has 0 heterocycles. The molecule has 0 rings (SSSR count). The quantitative estimate of drug-likeness (QED) is 0.589. The fraction of sp³-hybridized carbons (Fsp3) is 1.00. The van der Waals surface area contributed by atoms with Crippen molar-refractivity contribution in [2.75, 3.05) is 13.7 Å². The highest BCUT2D eigenvalue weighted by molar-refractivity contribution is 6.20. The molecule has 0 bridgehead atoms. The molecule has 2 atom stereocenters. The van der Waals surface area contributed by atoms with Crippen LogP contribution in [0.2, 0.25) is 0 Å². The number of rotatable bonds is 5. The van der Waals surface area contributed by atoms with Gasteiger partial charge < -0.3 is 4.74 Å². The molecule has 0 aliphatic carbocycles. The summed E-state index contributed by atoms with van der Waals surface area (Å²) in [4.78, 5) is 0. The zero-order valence-corrected chi connectivity index (χ0v) is 8.69. The maximum Gasteiger partial charge on any atom is 0.0507 e. The summed E-state index contributed by atoms with van der Waals surface area (Å²) in [7, 11) is 1.73. The fourth-order valence-electron chi connectivity index (χ4n) is 1.21. The van der Waals surface area contributed by atoms with Crippen LogP contribution in [-0.2, 0) is 4.74 Å². The van der Waals surface area contributed by atoms with Crippen LogP contribution in [0.1, 0.15) is 27.2 Å². The molecule has 0 aliphatic heterocycles. The Morgan fingerprint density at radius 2 is 1.91 bits per heavy atom. The van der Waals surface area contributed by atoms with Crippen LogP contribution in [-0.4, -0.2) is 19.1 Å². The summed E-state index contributed by atoms with van der Waals surface area (Å²) in [5.74, 6) is 1.10. The van der Waals surface area contributed by atoms with Gasteiger partial charge in [0.15, 0.2) is 0 Å². The number of hydrogen-bond donors (Lipinski definition) is 0. The van der Waals surface area contributed by atoms with Gasteiger partial charge in [-0.05, 0) is 12.3 Å². The molecule has 2 unspecified atom stereocenters. The summed E-state index contributed by atoms with van der Waals surface area (Å²) >= 11 is 6.13. The van der Waals surface area contributed by atoms with Crippen LogP contribution in [0.3, 0.4) is 0 Å². The minimum atomic E-state index is 0.259. The van der Waals surface area contributed by atoms with Gasteiger partial charge in [0.25, 0.3) is 0 Å². The summed E-state index contributed by atoms with van der Waals surface area (Å²) in [6.07, 6.45) is 1.02. The van der Waals surface area contributed by atoms with E-state index in [2.05, 4.69) is 20.8 Å². The van der Waals surface area contributed by atoms with Crippen molar-refractivity contribution in [3.05, 3.63) is 0 Å². The van der Waals surface area contributed by atoms with Crippen molar-refractivity contribution in [3.63, 3.8) is 0 Å². The minimum absolute atomic E-state index is 0.259. The second kappa shape index (κ2) is 5.84. The van der Waals surface area contributed by atoms with E-state index in [1.54, 1.807) is 7.11 Å². The van der Waals surface area contributed by atoms with E-state index in [9.17, 15) is 0 Å². The molecule has 0 fully saturated rings. The minimum Gasteiger partial charge on any atom is -0.384 e. The van der Waals surface area contributed by atoms with E-state index < -0.39 is 0 Å². The second-order valence-corrected chi connectivity index (χ2v) is 3.85. The van der Waals surface area contributed by atoms with E-state index in [0.29, 0.717) is 11.8 Å². The molecular weight excluding hydrogens is 160 g/mol. The van der Waals surface area contributed by atoms with E-state index in [1.807, 2.05) is 0 Å². The third-order valence-corrected chi connectivity index (χ3v) is 2.70. The van der Waals surface area contributed by atoms with Crippen molar-refractivity contribution >= 4 is 11.6 Å². The first-order valence-electron chi connectivity index (χ1n) is 4.26. The van der Waals surface area contributed by atoms with Crippen LogP contribution >= 0.6 is 11.6 Å². The molecule has 11 heavy (non-hydrogen) atoms. The standard InChI is InChI=1S/C9H19ClO/c1-5-9(10)8(6-11-4)7(2)3/h7-9H,5-6H2,1-4H3. The van der Waals surface area contributed by atoms with Crippen LogP contribution in [0.5, 0.6) is 0 Å². The maximum atomic E-state index is 6.13. The Morgan fingerprint density at radius 3 is 2.18 bits per heavy atom. The van der Waals surface area contributed by atoms with Crippen LogP contribution in [0.4, 0.5) is 0 Å². The van der Waals surface area contributed by atoms with Gasteiger partial charge in [0.05, 0.1) is 6.61 Å². The molecule has 0 aromatic carbocycles. The van der Waals surface area contributed by atoms with Gasteiger partial charge in [0, 0.05) is 18.4 Å². The predicted octanol–water partition coefficient (Wildman–Crippen LogP) is 2.92. The van der Waals surface area contributed by atoms with Gasteiger partial charge in [-0.2, -0.15) is 0 Å². The highest BCUT2D eigenvalue weighted by Gasteiger charge is 2.20. The Hall–Kier alpha value is 0.250. The highest BCUT2D eigenvalue weighted by Crippen LogP contribution is 2.22. The van der Waals surface area contributed by atoms with Gasteiger partial charge in [-0.15, -0.1) is 11.6 Å². The molecule has 0 aromatic rings. The SMILES string of the molecule is CCC(Cl)C(COC)C(C)C. The average Bonchev–Trinajstić information content (AvgIpc) is 1.98. The maximum absolute atomic E-state index is 6.13. The Morgan fingerprint density at radius 1 is 1.36 bits per heavy atom. The second-order valence-electron chi connectivity index (χ2n) is 3.29. The largest absolute Gasteiger partial charge is 0.384 e. The van der Waals surface area contributed by atoms with Gasteiger partial charge in [-0.1, -0.05) is 20.8 Å². The molecule has 0 saturated heterocycles. The Balaban J connectivity index is 3.87. The topological polar surface area (TPSA) is 9.23 Å². The van der Waals surface area contributed by atoms with E-state index >= 15 is 0 Å². The van der Waals surface area contributed by atoms with E-state index in [0.717, 1.165) is 13.0 Å². The first kappa shape index (κ1) is 11.2.